The van der Waals surface area contributed by atoms with Crippen molar-refractivity contribution in [1.82, 2.24) is 0 Å². The van der Waals surface area contributed by atoms with E-state index in [0.29, 0.717) is 27.5 Å². The predicted molar refractivity (Wildman–Crippen MR) is 123 cm³/mol. The van der Waals surface area contributed by atoms with Crippen molar-refractivity contribution < 1.29 is 23.9 Å². The summed E-state index contributed by atoms with van der Waals surface area (Å²) in [6.45, 7) is 1.87. The number of carbonyl (C=O) groups excluding carboxylic acids is 3. The van der Waals surface area contributed by atoms with Gasteiger partial charge in [-0.2, -0.15) is 0 Å². The van der Waals surface area contributed by atoms with E-state index in [1.54, 1.807) is 43.3 Å². The van der Waals surface area contributed by atoms with Crippen molar-refractivity contribution in [2.45, 2.75) is 6.92 Å². The summed E-state index contributed by atoms with van der Waals surface area (Å²) in [5, 5.41) is 6.12. The lowest BCUT2D eigenvalue weighted by Crippen LogP contribution is -2.14. The van der Waals surface area contributed by atoms with Crippen LogP contribution < -0.4 is 15.4 Å². The smallest absolute Gasteiger partial charge is 0.434 e. The van der Waals surface area contributed by atoms with Crippen molar-refractivity contribution in [1.29, 1.82) is 0 Å². The van der Waals surface area contributed by atoms with Gasteiger partial charge < -0.3 is 20.1 Å². The summed E-state index contributed by atoms with van der Waals surface area (Å²) >= 11 is 11.8. The van der Waals surface area contributed by atoms with Crippen LogP contribution in [0.25, 0.3) is 0 Å². The fourth-order valence-electron chi connectivity index (χ4n) is 2.64. The molecule has 2 N–H and O–H groups in total. The number of halogens is 2. The summed E-state index contributed by atoms with van der Waals surface area (Å²) in [6.07, 6.45) is -0.815. The highest BCUT2D eigenvalue weighted by Gasteiger charge is 2.11. The van der Waals surface area contributed by atoms with Crippen LogP contribution in [0.4, 0.5) is 16.2 Å². The largest absolute Gasteiger partial charge is 0.513 e. The number of amides is 2. The Bertz CT molecular complexity index is 1150. The van der Waals surface area contributed by atoms with Crippen LogP contribution in [0.3, 0.4) is 0 Å². The van der Waals surface area contributed by atoms with Crippen LogP contribution in [0, 0.1) is 0 Å². The van der Waals surface area contributed by atoms with E-state index in [1.165, 1.54) is 30.3 Å². The van der Waals surface area contributed by atoms with Gasteiger partial charge in [0.05, 0.1) is 16.7 Å². The lowest BCUT2D eigenvalue weighted by atomic mass is 10.2. The monoisotopic (exact) mass is 472 g/mol. The lowest BCUT2D eigenvalue weighted by molar-refractivity contribution is 0.101. The van der Waals surface area contributed by atoms with Crippen molar-refractivity contribution >= 4 is 52.5 Å². The highest BCUT2D eigenvalue weighted by atomic mass is 35.5. The van der Waals surface area contributed by atoms with Gasteiger partial charge in [-0.05, 0) is 67.6 Å². The molecule has 164 valence electrons. The summed E-state index contributed by atoms with van der Waals surface area (Å²) in [7, 11) is 0. The Balaban J connectivity index is 1.63. The maximum absolute atomic E-state index is 12.5. The average Bonchev–Trinajstić information content (AvgIpc) is 2.76. The molecule has 0 heterocycles. The molecule has 3 rings (SSSR count). The summed E-state index contributed by atoms with van der Waals surface area (Å²) < 4.78 is 9.66. The molecule has 0 unspecified atom stereocenters. The molecular formula is C23H18Cl2N2O5. The number of hydrogen-bond donors (Lipinski definition) is 2. The summed E-state index contributed by atoms with van der Waals surface area (Å²) in [5.74, 6) is -0.489. The van der Waals surface area contributed by atoms with Crippen LogP contribution in [-0.4, -0.2) is 24.6 Å². The first-order chi connectivity index (χ1) is 15.4. The van der Waals surface area contributed by atoms with Crippen LogP contribution in [0.5, 0.6) is 5.75 Å². The molecule has 9 heteroatoms. The van der Waals surface area contributed by atoms with Gasteiger partial charge >= 0.3 is 6.16 Å². The SMILES string of the molecule is CCOC(=O)Oc1ccc(C(=O)Nc2cccc(NC(=O)c3ccc(Cl)c(Cl)c3)c2)cc1. The van der Waals surface area contributed by atoms with Gasteiger partial charge in [0.15, 0.2) is 0 Å². The summed E-state index contributed by atoms with van der Waals surface area (Å²) in [5.41, 5.74) is 1.66. The van der Waals surface area contributed by atoms with Gasteiger partial charge in [0.25, 0.3) is 11.8 Å². The van der Waals surface area contributed by atoms with Gasteiger partial charge in [0, 0.05) is 22.5 Å². The zero-order valence-electron chi connectivity index (χ0n) is 16.9. The van der Waals surface area contributed by atoms with Gasteiger partial charge in [-0.3, -0.25) is 9.59 Å². The van der Waals surface area contributed by atoms with Gasteiger partial charge in [0.1, 0.15) is 5.75 Å². The minimum Gasteiger partial charge on any atom is -0.434 e. The third kappa shape index (κ3) is 6.23. The molecule has 0 aliphatic rings. The first-order valence-electron chi connectivity index (χ1n) is 9.48. The van der Waals surface area contributed by atoms with E-state index in [-0.39, 0.29) is 29.2 Å². The molecule has 3 aromatic rings. The zero-order valence-corrected chi connectivity index (χ0v) is 18.4. The van der Waals surface area contributed by atoms with Crippen molar-refractivity contribution in [3.05, 3.63) is 87.9 Å². The van der Waals surface area contributed by atoms with Crippen molar-refractivity contribution in [2.75, 3.05) is 17.2 Å². The van der Waals surface area contributed by atoms with E-state index in [0.717, 1.165) is 0 Å². The molecule has 0 fully saturated rings. The standard InChI is InChI=1S/C23H18Cl2N2O5/c1-2-31-23(30)32-18-9-6-14(7-10-18)21(28)26-16-4-3-5-17(13-16)27-22(29)15-8-11-19(24)20(25)12-15/h3-13H,2H2,1H3,(H,26,28)(H,27,29). The highest BCUT2D eigenvalue weighted by Crippen LogP contribution is 2.24. The van der Waals surface area contributed by atoms with Gasteiger partial charge in [-0.25, -0.2) is 4.79 Å². The van der Waals surface area contributed by atoms with Crippen LogP contribution in [0.1, 0.15) is 27.6 Å². The Labute approximate surface area is 194 Å². The molecule has 32 heavy (non-hydrogen) atoms. The second-order valence-corrected chi connectivity index (χ2v) is 7.24. The number of nitrogens with one attached hydrogen (secondary N) is 2. The Hall–Kier alpha value is -3.55. The van der Waals surface area contributed by atoms with Crippen molar-refractivity contribution in [3.8, 4) is 5.75 Å². The van der Waals surface area contributed by atoms with Crippen molar-refractivity contribution in [3.63, 3.8) is 0 Å². The Kier molecular flexibility index (Phi) is 7.70. The maximum atomic E-state index is 12.5. The maximum Gasteiger partial charge on any atom is 0.513 e. The molecule has 0 aromatic heterocycles. The molecule has 0 bridgehead atoms. The lowest BCUT2D eigenvalue weighted by Gasteiger charge is -2.10. The van der Waals surface area contributed by atoms with E-state index in [9.17, 15) is 14.4 Å². The number of rotatable bonds is 6. The van der Waals surface area contributed by atoms with E-state index >= 15 is 0 Å². The quantitative estimate of drug-likeness (QED) is 0.337. The van der Waals surface area contributed by atoms with Crippen LogP contribution >= 0.6 is 23.2 Å². The Morgan fingerprint density at radius 1 is 0.781 bits per heavy atom. The van der Waals surface area contributed by atoms with E-state index < -0.39 is 6.16 Å². The third-order valence-corrected chi connectivity index (χ3v) is 4.88. The second kappa shape index (κ2) is 10.7. The van der Waals surface area contributed by atoms with Gasteiger partial charge in [-0.1, -0.05) is 29.3 Å². The Morgan fingerprint density at radius 2 is 1.38 bits per heavy atom. The molecule has 0 aliphatic heterocycles. The molecular weight excluding hydrogens is 455 g/mol. The number of anilines is 2. The first-order valence-corrected chi connectivity index (χ1v) is 10.2. The molecule has 0 saturated carbocycles. The number of carbonyl (C=O) groups is 3. The van der Waals surface area contributed by atoms with Gasteiger partial charge in [-0.15, -0.1) is 0 Å². The van der Waals surface area contributed by atoms with Gasteiger partial charge in [0.2, 0.25) is 0 Å². The molecule has 7 nitrogen and oxygen atoms in total. The number of benzene rings is 3. The molecule has 2 amide bonds. The zero-order chi connectivity index (χ0) is 23.1. The number of ether oxygens (including phenoxy) is 2. The normalized spacial score (nSPS) is 10.2. The van der Waals surface area contributed by atoms with Crippen LogP contribution in [-0.2, 0) is 4.74 Å². The van der Waals surface area contributed by atoms with E-state index in [2.05, 4.69) is 10.6 Å². The minimum absolute atomic E-state index is 0.201. The molecule has 0 saturated heterocycles. The van der Waals surface area contributed by atoms with Crippen LogP contribution in [0.2, 0.25) is 10.0 Å². The molecule has 0 spiro atoms. The molecule has 3 aromatic carbocycles. The number of hydrogen-bond acceptors (Lipinski definition) is 5. The fraction of sp³-hybridized carbons (Fsp3) is 0.0870. The van der Waals surface area contributed by atoms with Crippen molar-refractivity contribution in [2.24, 2.45) is 0 Å². The molecule has 0 radical (unpaired) electrons. The average molecular weight is 473 g/mol. The highest BCUT2D eigenvalue weighted by molar-refractivity contribution is 6.42. The summed E-state index contributed by atoms with van der Waals surface area (Å²) in [6, 6.07) is 17.3. The molecule has 0 aliphatic carbocycles. The topological polar surface area (TPSA) is 93.7 Å². The fourth-order valence-corrected chi connectivity index (χ4v) is 2.93. The van der Waals surface area contributed by atoms with E-state index in [1.807, 2.05) is 0 Å². The minimum atomic E-state index is -0.815. The third-order valence-electron chi connectivity index (χ3n) is 4.14. The first kappa shape index (κ1) is 23.1. The predicted octanol–water partition coefficient (Wildman–Crippen LogP) is 6.03. The second-order valence-electron chi connectivity index (χ2n) is 6.43. The molecule has 0 atom stereocenters. The van der Waals surface area contributed by atoms with Crippen LogP contribution in [0.15, 0.2) is 66.7 Å². The Morgan fingerprint density at radius 3 is 1.97 bits per heavy atom. The van der Waals surface area contributed by atoms with E-state index in [4.69, 9.17) is 32.7 Å². The summed E-state index contributed by atoms with van der Waals surface area (Å²) in [4.78, 5) is 36.3.